The lowest BCUT2D eigenvalue weighted by atomic mass is 9.95. The number of hydrogen-bond donors (Lipinski definition) is 1. The van der Waals surface area contributed by atoms with E-state index in [1.54, 1.807) is 25.3 Å². The quantitative estimate of drug-likeness (QED) is 0.260. The molecule has 1 fully saturated rings. The predicted octanol–water partition coefficient (Wildman–Crippen LogP) is 3.70. The van der Waals surface area contributed by atoms with Crippen molar-refractivity contribution in [2.75, 3.05) is 40.1 Å². The maximum absolute atomic E-state index is 13.1. The molecule has 2 aliphatic rings. The highest BCUT2D eigenvalue weighted by Crippen LogP contribution is 2.41. The fourth-order valence-electron chi connectivity index (χ4n) is 4.15. The average Bonchev–Trinajstić information content (AvgIpc) is 3.12. The van der Waals surface area contributed by atoms with Gasteiger partial charge in [-0.05, 0) is 48.7 Å². The molecule has 2 aromatic carbocycles. The minimum Gasteiger partial charge on any atom is -0.507 e. The van der Waals surface area contributed by atoms with Crippen LogP contribution in [0.15, 0.2) is 48.0 Å². The Morgan fingerprint density at radius 2 is 1.79 bits per heavy atom. The molecule has 34 heavy (non-hydrogen) atoms. The molecule has 0 bridgehead atoms. The van der Waals surface area contributed by atoms with Crippen LogP contribution in [-0.2, 0) is 14.3 Å². The first kappa shape index (κ1) is 23.6. The van der Waals surface area contributed by atoms with Gasteiger partial charge in [0, 0.05) is 25.8 Å². The molecule has 0 spiro atoms. The number of hydrogen-bond acceptors (Lipinski definition) is 7. The third-order valence-corrected chi connectivity index (χ3v) is 5.77. The number of amides is 1. The molecule has 1 unspecified atom stereocenters. The summed E-state index contributed by atoms with van der Waals surface area (Å²) in [6.07, 6.45) is 1.44. The van der Waals surface area contributed by atoms with E-state index in [4.69, 9.17) is 18.9 Å². The second-order valence-corrected chi connectivity index (χ2v) is 8.11. The molecule has 1 amide bonds. The predicted molar refractivity (Wildman–Crippen MR) is 125 cm³/mol. The van der Waals surface area contributed by atoms with Crippen LogP contribution < -0.4 is 14.2 Å². The summed E-state index contributed by atoms with van der Waals surface area (Å²) in [5.74, 6) is 0.142. The number of ketones is 1. The number of ether oxygens (including phenoxy) is 4. The van der Waals surface area contributed by atoms with Gasteiger partial charge in [-0.2, -0.15) is 0 Å². The molecule has 1 N–H and O–H groups in total. The maximum Gasteiger partial charge on any atom is 0.295 e. The van der Waals surface area contributed by atoms with Gasteiger partial charge in [-0.3, -0.25) is 9.59 Å². The highest BCUT2D eigenvalue weighted by molar-refractivity contribution is 6.46. The molecule has 0 saturated carbocycles. The number of benzene rings is 2. The molecular weight excluding hydrogens is 438 g/mol. The molecule has 4 rings (SSSR count). The molecule has 2 aromatic rings. The zero-order valence-corrected chi connectivity index (χ0v) is 19.4. The van der Waals surface area contributed by atoms with Crippen molar-refractivity contribution in [1.82, 2.24) is 4.90 Å². The monoisotopic (exact) mass is 467 g/mol. The standard InChI is InChI=1S/C26H29NO7/c1-3-12-32-19-8-5-17(6-9-19)23-22(25(29)26(30)27(23)11-4-13-31-2)24(28)18-7-10-20-21(16-18)34-15-14-33-20/h5-10,16,23,28H,3-4,11-15H2,1-2H3/b24-22-. The number of methoxy groups -OCH3 is 1. The van der Waals surface area contributed by atoms with Crippen LogP contribution in [0.3, 0.4) is 0 Å². The maximum atomic E-state index is 13.1. The van der Waals surface area contributed by atoms with Gasteiger partial charge in [0.15, 0.2) is 11.5 Å². The summed E-state index contributed by atoms with van der Waals surface area (Å²) in [5.41, 5.74) is 1.13. The zero-order chi connectivity index (χ0) is 24.1. The van der Waals surface area contributed by atoms with Crippen molar-refractivity contribution in [2.45, 2.75) is 25.8 Å². The largest absolute Gasteiger partial charge is 0.507 e. The Kier molecular flexibility index (Phi) is 7.37. The first-order valence-corrected chi connectivity index (χ1v) is 11.4. The lowest BCUT2D eigenvalue weighted by Gasteiger charge is -2.25. The number of aliphatic hydroxyl groups is 1. The molecule has 1 atom stereocenters. The topological polar surface area (TPSA) is 94.5 Å². The lowest BCUT2D eigenvalue weighted by molar-refractivity contribution is -0.140. The summed E-state index contributed by atoms with van der Waals surface area (Å²) >= 11 is 0. The van der Waals surface area contributed by atoms with Crippen LogP contribution in [0.5, 0.6) is 17.2 Å². The van der Waals surface area contributed by atoms with Crippen LogP contribution >= 0.6 is 0 Å². The molecule has 0 aromatic heterocycles. The Morgan fingerprint density at radius 1 is 1.06 bits per heavy atom. The molecule has 180 valence electrons. The van der Waals surface area contributed by atoms with Crippen LogP contribution in [0.2, 0.25) is 0 Å². The Bertz CT molecular complexity index is 1080. The number of aliphatic hydroxyl groups excluding tert-OH is 1. The van der Waals surface area contributed by atoms with Gasteiger partial charge in [-0.25, -0.2) is 0 Å². The zero-order valence-electron chi connectivity index (χ0n) is 19.4. The van der Waals surface area contributed by atoms with Crippen LogP contribution in [0.4, 0.5) is 0 Å². The van der Waals surface area contributed by atoms with Crippen molar-refractivity contribution in [1.29, 1.82) is 0 Å². The second-order valence-electron chi connectivity index (χ2n) is 8.11. The Morgan fingerprint density at radius 3 is 2.50 bits per heavy atom. The fourth-order valence-corrected chi connectivity index (χ4v) is 4.15. The second kappa shape index (κ2) is 10.6. The van der Waals surface area contributed by atoms with Crippen molar-refractivity contribution < 1.29 is 33.6 Å². The number of carbonyl (C=O) groups is 2. The average molecular weight is 468 g/mol. The van der Waals surface area contributed by atoms with E-state index in [1.807, 2.05) is 31.2 Å². The Labute approximate surface area is 198 Å². The number of likely N-dealkylation sites (tertiary alicyclic amines) is 1. The number of fused-ring (bicyclic) bond motifs is 1. The summed E-state index contributed by atoms with van der Waals surface area (Å²) in [6.45, 7) is 4.23. The molecule has 2 aliphatic heterocycles. The highest BCUT2D eigenvalue weighted by Gasteiger charge is 2.45. The molecule has 8 heteroatoms. The van der Waals surface area contributed by atoms with Crippen LogP contribution in [0.1, 0.15) is 36.9 Å². The third-order valence-electron chi connectivity index (χ3n) is 5.77. The van der Waals surface area contributed by atoms with Crippen LogP contribution in [-0.4, -0.2) is 61.8 Å². The number of Topliss-reactive ketones (excluding diaryl/α,β-unsaturated/α-hetero) is 1. The fraction of sp³-hybridized carbons (Fsp3) is 0.385. The smallest absolute Gasteiger partial charge is 0.295 e. The number of nitrogens with zero attached hydrogens (tertiary/aromatic N) is 1. The summed E-state index contributed by atoms with van der Waals surface area (Å²) in [5, 5.41) is 11.2. The van der Waals surface area contributed by atoms with Gasteiger partial charge in [0.2, 0.25) is 0 Å². The van der Waals surface area contributed by atoms with Crippen molar-refractivity contribution in [3.8, 4) is 17.2 Å². The van der Waals surface area contributed by atoms with Gasteiger partial charge in [0.1, 0.15) is 24.7 Å². The van der Waals surface area contributed by atoms with Gasteiger partial charge >= 0.3 is 0 Å². The molecular formula is C26H29NO7. The van der Waals surface area contributed by atoms with E-state index in [0.717, 1.165) is 6.42 Å². The van der Waals surface area contributed by atoms with Gasteiger partial charge in [-0.1, -0.05) is 19.1 Å². The van der Waals surface area contributed by atoms with E-state index in [2.05, 4.69) is 0 Å². The van der Waals surface area contributed by atoms with E-state index in [-0.39, 0.29) is 11.3 Å². The van der Waals surface area contributed by atoms with E-state index in [0.29, 0.717) is 67.8 Å². The molecule has 2 heterocycles. The van der Waals surface area contributed by atoms with Gasteiger partial charge in [-0.15, -0.1) is 0 Å². The first-order valence-electron chi connectivity index (χ1n) is 11.4. The van der Waals surface area contributed by atoms with E-state index in [9.17, 15) is 14.7 Å². The third kappa shape index (κ3) is 4.72. The van der Waals surface area contributed by atoms with Gasteiger partial charge in [0.25, 0.3) is 11.7 Å². The highest BCUT2D eigenvalue weighted by atomic mass is 16.6. The van der Waals surface area contributed by atoms with Gasteiger partial charge in [0.05, 0.1) is 18.2 Å². The summed E-state index contributed by atoms with van der Waals surface area (Å²) in [4.78, 5) is 27.6. The van der Waals surface area contributed by atoms with Gasteiger partial charge < -0.3 is 29.0 Å². The Hall–Kier alpha value is -3.52. The van der Waals surface area contributed by atoms with Crippen LogP contribution in [0.25, 0.3) is 5.76 Å². The van der Waals surface area contributed by atoms with Crippen molar-refractivity contribution in [3.63, 3.8) is 0 Å². The SMILES string of the molecule is CCCOc1ccc(C2/C(=C(/O)c3ccc4c(c3)OCCO4)C(=O)C(=O)N2CCCOC)cc1. The van der Waals surface area contributed by atoms with Crippen molar-refractivity contribution in [3.05, 3.63) is 59.2 Å². The summed E-state index contributed by atoms with van der Waals surface area (Å²) in [6, 6.07) is 11.5. The molecule has 8 nitrogen and oxygen atoms in total. The normalized spacial score (nSPS) is 18.9. The number of carbonyl (C=O) groups excluding carboxylic acids is 2. The lowest BCUT2D eigenvalue weighted by Crippen LogP contribution is -2.31. The molecule has 1 saturated heterocycles. The minimum absolute atomic E-state index is 0.0429. The molecule has 0 aliphatic carbocycles. The summed E-state index contributed by atoms with van der Waals surface area (Å²) in [7, 11) is 1.59. The Balaban J connectivity index is 1.75. The van der Waals surface area contributed by atoms with Crippen molar-refractivity contribution >= 4 is 17.4 Å². The van der Waals surface area contributed by atoms with E-state index in [1.165, 1.54) is 4.90 Å². The number of rotatable bonds is 9. The van der Waals surface area contributed by atoms with E-state index >= 15 is 0 Å². The first-order chi connectivity index (χ1) is 16.5. The molecule has 0 radical (unpaired) electrons. The van der Waals surface area contributed by atoms with Crippen molar-refractivity contribution in [2.24, 2.45) is 0 Å². The summed E-state index contributed by atoms with van der Waals surface area (Å²) < 4.78 is 22.0. The van der Waals surface area contributed by atoms with E-state index < -0.39 is 17.7 Å². The minimum atomic E-state index is -0.731. The van der Waals surface area contributed by atoms with Crippen LogP contribution in [0, 0.1) is 0 Å².